The summed E-state index contributed by atoms with van der Waals surface area (Å²) in [7, 11) is 0. The minimum absolute atomic E-state index is 0.105. The Morgan fingerprint density at radius 1 is 1.32 bits per heavy atom. The van der Waals surface area contributed by atoms with Crippen LogP contribution in [0.5, 0.6) is 0 Å². The van der Waals surface area contributed by atoms with Crippen molar-refractivity contribution < 1.29 is 4.79 Å². The molecule has 1 amide bonds. The zero-order valence-electron chi connectivity index (χ0n) is 11.3. The zero-order chi connectivity index (χ0) is 13.7. The van der Waals surface area contributed by atoms with Crippen molar-refractivity contribution in [2.75, 3.05) is 38.1 Å². The first kappa shape index (κ1) is 14.5. The zero-order valence-corrected chi connectivity index (χ0v) is 12.9. The number of rotatable bonds is 3. The molecule has 0 aliphatic carbocycles. The summed E-state index contributed by atoms with van der Waals surface area (Å²) in [6, 6.07) is 3.76. The first-order valence-electron chi connectivity index (χ1n) is 6.71. The summed E-state index contributed by atoms with van der Waals surface area (Å²) >= 11 is 3.47. The van der Waals surface area contributed by atoms with Crippen LogP contribution in [0.3, 0.4) is 0 Å². The summed E-state index contributed by atoms with van der Waals surface area (Å²) in [6.07, 6.45) is 2.72. The van der Waals surface area contributed by atoms with Crippen LogP contribution in [0.15, 0.2) is 18.3 Å². The highest BCUT2D eigenvalue weighted by molar-refractivity contribution is 9.09. The van der Waals surface area contributed by atoms with Crippen LogP contribution in [0.1, 0.15) is 22.5 Å². The lowest BCUT2D eigenvalue weighted by atomic mass is 10.2. The molecule has 0 atom stereocenters. The van der Waals surface area contributed by atoms with E-state index in [4.69, 9.17) is 0 Å². The van der Waals surface area contributed by atoms with Gasteiger partial charge in [-0.3, -0.25) is 9.78 Å². The van der Waals surface area contributed by atoms with E-state index in [-0.39, 0.29) is 5.91 Å². The molecule has 1 saturated heterocycles. The third-order valence-corrected chi connectivity index (χ3v) is 3.79. The quantitative estimate of drug-likeness (QED) is 0.797. The van der Waals surface area contributed by atoms with Crippen molar-refractivity contribution >= 4 is 21.8 Å². The Labute approximate surface area is 122 Å². The van der Waals surface area contributed by atoms with Crippen LogP contribution in [0.2, 0.25) is 0 Å². The predicted molar refractivity (Wildman–Crippen MR) is 79.7 cm³/mol. The average Bonchev–Trinajstić information content (AvgIpc) is 2.65. The maximum Gasteiger partial charge on any atom is 0.255 e. The molecule has 1 aliphatic rings. The molecule has 1 aromatic rings. The van der Waals surface area contributed by atoms with Crippen molar-refractivity contribution in [2.24, 2.45) is 0 Å². The molecule has 2 heterocycles. The summed E-state index contributed by atoms with van der Waals surface area (Å²) in [5, 5.41) is 0.989. The Kier molecular flexibility index (Phi) is 5.34. The number of nitrogens with zero attached hydrogens (tertiary/aromatic N) is 3. The smallest absolute Gasteiger partial charge is 0.255 e. The van der Waals surface area contributed by atoms with Gasteiger partial charge in [0.1, 0.15) is 0 Å². The number of carbonyl (C=O) groups is 1. The molecule has 0 aromatic carbocycles. The fourth-order valence-electron chi connectivity index (χ4n) is 2.29. The predicted octanol–water partition coefficient (Wildman–Crippen LogP) is 1.93. The summed E-state index contributed by atoms with van der Waals surface area (Å²) in [4.78, 5) is 20.9. The van der Waals surface area contributed by atoms with Crippen LogP contribution >= 0.6 is 15.9 Å². The number of hydrogen-bond acceptors (Lipinski definition) is 3. The molecule has 0 saturated carbocycles. The fraction of sp³-hybridized carbons (Fsp3) is 0.571. The van der Waals surface area contributed by atoms with Crippen molar-refractivity contribution in [3.05, 3.63) is 29.6 Å². The van der Waals surface area contributed by atoms with E-state index in [2.05, 4.69) is 25.8 Å². The summed E-state index contributed by atoms with van der Waals surface area (Å²) in [6.45, 7) is 6.65. The van der Waals surface area contributed by atoms with Gasteiger partial charge < -0.3 is 9.80 Å². The average molecular weight is 326 g/mol. The molecule has 4 nitrogen and oxygen atoms in total. The number of hydrogen-bond donors (Lipinski definition) is 0. The molecule has 0 unspecified atom stereocenters. The van der Waals surface area contributed by atoms with Gasteiger partial charge >= 0.3 is 0 Å². The lowest BCUT2D eigenvalue weighted by Crippen LogP contribution is -2.35. The van der Waals surface area contributed by atoms with Gasteiger partial charge in [-0.1, -0.05) is 15.9 Å². The third-order valence-electron chi connectivity index (χ3n) is 3.43. The minimum atomic E-state index is 0.105. The van der Waals surface area contributed by atoms with Crippen LogP contribution in [0.4, 0.5) is 0 Å². The van der Waals surface area contributed by atoms with E-state index in [9.17, 15) is 4.79 Å². The van der Waals surface area contributed by atoms with Crippen LogP contribution in [-0.4, -0.2) is 58.7 Å². The van der Waals surface area contributed by atoms with Crippen molar-refractivity contribution in [1.29, 1.82) is 0 Å². The number of alkyl halides is 1. The van der Waals surface area contributed by atoms with E-state index in [1.54, 1.807) is 6.20 Å². The molecule has 1 fully saturated rings. The number of amides is 1. The first-order valence-corrected chi connectivity index (χ1v) is 7.83. The summed E-state index contributed by atoms with van der Waals surface area (Å²) in [5.74, 6) is 0.105. The summed E-state index contributed by atoms with van der Waals surface area (Å²) < 4.78 is 0. The van der Waals surface area contributed by atoms with E-state index in [0.717, 1.165) is 50.2 Å². The number of aromatic nitrogens is 1. The second-order valence-electron chi connectivity index (χ2n) is 4.86. The molecule has 104 valence electrons. The van der Waals surface area contributed by atoms with Crippen molar-refractivity contribution in [2.45, 2.75) is 13.3 Å². The van der Waals surface area contributed by atoms with Crippen LogP contribution in [0, 0.1) is 6.92 Å². The highest BCUT2D eigenvalue weighted by atomic mass is 79.9. The molecule has 2 rings (SSSR count). The van der Waals surface area contributed by atoms with Crippen molar-refractivity contribution in [3.63, 3.8) is 0 Å². The Hall–Kier alpha value is -0.940. The van der Waals surface area contributed by atoms with E-state index < -0.39 is 0 Å². The van der Waals surface area contributed by atoms with E-state index in [0.29, 0.717) is 5.56 Å². The molecule has 1 aromatic heterocycles. The van der Waals surface area contributed by atoms with E-state index >= 15 is 0 Å². The van der Waals surface area contributed by atoms with Gasteiger partial charge in [-0.2, -0.15) is 0 Å². The normalized spacial score (nSPS) is 17.3. The van der Waals surface area contributed by atoms with Crippen LogP contribution in [-0.2, 0) is 0 Å². The fourth-order valence-corrected chi connectivity index (χ4v) is 2.80. The largest absolute Gasteiger partial charge is 0.337 e. The van der Waals surface area contributed by atoms with E-state index in [1.807, 2.05) is 24.0 Å². The second-order valence-corrected chi connectivity index (χ2v) is 5.66. The van der Waals surface area contributed by atoms with E-state index in [1.165, 1.54) is 0 Å². The monoisotopic (exact) mass is 325 g/mol. The highest BCUT2D eigenvalue weighted by Gasteiger charge is 2.19. The molecule has 19 heavy (non-hydrogen) atoms. The molecule has 0 spiro atoms. The maximum atomic E-state index is 12.4. The number of pyridine rings is 1. The Morgan fingerprint density at radius 2 is 2.16 bits per heavy atom. The Balaban J connectivity index is 1.98. The lowest BCUT2D eigenvalue weighted by Gasteiger charge is -2.21. The van der Waals surface area contributed by atoms with Gasteiger partial charge in [0.2, 0.25) is 0 Å². The topological polar surface area (TPSA) is 36.4 Å². The molecular weight excluding hydrogens is 306 g/mol. The number of halogens is 1. The van der Waals surface area contributed by atoms with Gasteiger partial charge in [-0.25, -0.2) is 0 Å². The van der Waals surface area contributed by atoms with Gasteiger partial charge in [0, 0.05) is 43.4 Å². The molecule has 1 aliphatic heterocycles. The molecular formula is C14H20BrN3O. The van der Waals surface area contributed by atoms with Crippen molar-refractivity contribution in [1.82, 2.24) is 14.8 Å². The van der Waals surface area contributed by atoms with Crippen LogP contribution in [0.25, 0.3) is 0 Å². The van der Waals surface area contributed by atoms with Gasteiger partial charge in [-0.15, -0.1) is 0 Å². The number of carbonyl (C=O) groups excluding carboxylic acids is 1. The molecule has 0 bridgehead atoms. The highest BCUT2D eigenvalue weighted by Crippen LogP contribution is 2.09. The first-order chi connectivity index (χ1) is 9.20. The SMILES string of the molecule is Cc1ccc(C(=O)N2CCCN(CCBr)CC2)cn1. The van der Waals surface area contributed by atoms with Crippen molar-refractivity contribution in [3.8, 4) is 0 Å². The minimum Gasteiger partial charge on any atom is -0.337 e. The van der Waals surface area contributed by atoms with Gasteiger partial charge in [-0.05, 0) is 32.0 Å². The van der Waals surface area contributed by atoms with Gasteiger partial charge in [0.25, 0.3) is 5.91 Å². The number of aryl methyl sites for hydroxylation is 1. The Bertz CT molecular complexity index is 421. The lowest BCUT2D eigenvalue weighted by molar-refractivity contribution is 0.0761. The standard InChI is InChI=1S/C14H20BrN3O/c1-12-3-4-13(11-16-12)14(19)18-7-2-6-17(8-5-15)9-10-18/h3-4,11H,2,5-10H2,1H3. The van der Waals surface area contributed by atoms with Gasteiger partial charge in [0.15, 0.2) is 0 Å². The molecule has 0 N–H and O–H groups in total. The Morgan fingerprint density at radius 3 is 2.84 bits per heavy atom. The second kappa shape index (κ2) is 7.01. The maximum absolute atomic E-state index is 12.4. The summed E-state index contributed by atoms with van der Waals surface area (Å²) in [5.41, 5.74) is 1.63. The molecule has 5 heteroatoms. The van der Waals surface area contributed by atoms with Gasteiger partial charge in [0.05, 0.1) is 5.56 Å². The third kappa shape index (κ3) is 4.01. The van der Waals surface area contributed by atoms with Crippen LogP contribution < -0.4 is 0 Å². The molecule has 0 radical (unpaired) electrons.